The Hall–Kier alpha value is -1.03. The van der Waals surface area contributed by atoms with E-state index in [9.17, 15) is 0 Å². The van der Waals surface area contributed by atoms with Crippen LogP contribution in [0.25, 0.3) is 0 Å². The average molecular weight is 272 g/mol. The summed E-state index contributed by atoms with van der Waals surface area (Å²) in [6, 6.07) is 0. The molecule has 4 nitrogen and oxygen atoms in total. The first-order valence-electron chi connectivity index (χ1n) is 6.53. The molecule has 0 saturated heterocycles. The molecule has 1 unspecified atom stereocenters. The molecule has 0 radical (unpaired) electrons. The smallest absolute Gasteiger partial charge is 0.234 e. The lowest BCUT2D eigenvalue weighted by atomic mass is 9.99. The fourth-order valence-electron chi connectivity index (χ4n) is 1.82. The number of hydrogen-bond donors (Lipinski definition) is 1. The van der Waals surface area contributed by atoms with Crippen LogP contribution in [-0.4, -0.2) is 28.5 Å². The Kier molecular flexibility index (Phi) is 6.80. The third kappa shape index (κ3) is 4.69. The number of aromatic nitrogens is 2. The molecule has 0 aliphatic rings. The van der Waals surface area contributed by atoms with Crippen molar-refractivity contribution >= 4 is 17.4 Å². The zero-order valence-electron chi connectivity index (χ0n) is 11.3. The first kappa shape index (κ1) is 15.0. The maximum atomic E-state index is 6.36. The molecule has 0 spiro atoms. The summed E-state index contributed by atoms with van der Waals surface area (Å²) in [7, 11) is 0. The third-order valence-corrected chi connectivity index (χ3v) is 3.45. The maximum absolute atomic E-state index is 6.36. The van der Waals surface area contributed by atoms with E-state index in [1.165, 1.54) is 0 Å². The number of alkyl halides is 1. The van der Waals surface area contributed by atoms with Crippen molar-refractivity contribution in [2.45, 2.75) is 39.0 Å². The van der Waals surface area contributed by atoms with Gasteiger partial charge in [0, 0.05) is 6.54 Å². The standard InChI is InChI=1S/C13H22ClN3O/c1-4-10(5-2)11(14)7-16-12-8-15-9-13(17-12)18-6-3/h8-11H,4-7H2,1-3H3,(H,16,17). The van der Waals surface area contributed by atoms with Crippen LogP contribution < -0.4 is 10.1 Å². The Morgan fingerprint density at radius 3 is 2.61 bits per heavy atom. The van der Waals surface area contributed by atoms with E-state index in [0.29, 0.717) is 30.8 Å². The first-order valence-corrected chi connectivity index (χ1v) is 6.97. The van der Waals surface area contributed by atoms with Crippen molar-refractivity contribution < 1.29 is 4.74 Å². The summed E-state index contributed by atoms with van der Waals surface area (Å²) in [5, 5.41) is 3.32. The molecule has 1 rings (SSSR count). The van der Waals surface area contributed by atoms with Gasteiger partial charge in [0.15, 0.2) is 0 Å². The van der Waals surface area contributed by atoms with Gasteiger partial charge < -0.3 is 10.1 Å². The lowest BCUT2D eigenvalue weighted by Gasteiger charge is -2.19. The Morgan fingerprint density at radius 1 is 1.28 bits per heavy atom. The Morgan fingerprint density at radius 2 is 2.00 bits per heavy atom. The number of anilines is 1. The van der Waals surface area contributed by atoms with Gasteiger partial charge in [0.25, 0.3) is 0 Å². The van der Waals surface area contributed by atoms with E-state index in [2.05, 4.69) is 29.1 Å². The Balaban J connectivity index is 2.49. The molecule has 102 valence electrons. The van der Waals surface area contributed by atoms with Gasteiger partial charge in [0.1, 0.15) is 5.82 Å². The van der Waals surface area contributed by atoms with Gasteiger partial charge in [-0.3, -0.25) is 4.98 Å². The molecule has 0 amide bonds. The van der Waals surface area contributed by atoms with E-state index in [0.717, 1.165) is 12.8 Å². The van der Waals surface area contributed by atoms with Gasteiger partial charge in [-0.1, -0.05) is 26.7 Å². The number of halogens is 1. The summed E-state index contributed by atoms with van der Waals surface area (Å²) in [5.41, 5.74) is 0. The highest BCUT2D eigenvalue weighted by atomic mass is 35.5. The van der Waals surface area contributed by atoms with Gasteiger partial charge in [-0.05, 0) is 12.8 Å². The highest BCUT2D eigenvalue weighted by molar-refractivity contribution is 6.21. The number of rotatable bonds is 8. The molecule has 1 aromatic heterocycles. The SMILES string of the molecule is CCOc1cncc(NCC(Cl)C(CC)CC)n1. The second-order valence-corrected chi connectivity index (χ2v) is 4.71. The van der Waals surface area contributed by atoms with E-state index in [4.69, 9.17) is 16.3 Å². The molecular weight excluding hydrogens is 250 g/mol. The normalized spacial score (nSPS) is 12.5. The van der Waals surface area contributed by atoms with Crippen LogP contribution in [0.5, 0.6) is 5.88 Å². The van der Waals surface area contributed by atoms with Crippen molar-refractivity contribution in [2.24, 2.45) is 5.92 Å². The van der Waals surface area contributed by atoms with Crippen LogP contribution in [0.4, 0.5) is 5.82 Å². The van der Waals surface area contributed by atoms with E-state index >= 15 is 0 Å². The van der Waals surface area contributed by atoms with Gasteiger partial charge in [-0.2, -0.15) is 4.98 Å². The van der Waals surface area contributed by atoms with Crippen LogP contribution in [0, 0.1) is 5.92 Å². The summed E-state index contributed by atoms with van der Waals surface area (Å²) >= 11 is 6.36. The van der Waals surface area contributed by atoms with Crippen LogP contribution in [0.3, 0.4) is 0 Å². The topological polar surface area (TPSA) is 47.0 Å². The zero-order valence-corrected chi connectivity index (χ0v) is 12.1. The molecule has 1 aromatic rings. The molecule has 1 atom stereocenters. The number of nitrogens with one attached hydrogen (secondary N) is 1. The molecule has 5 heteroatoms. The van der Waals surface area contributed by atoms with Gasteiger partial charge in [-0.25, -0.2) is 0 Å². The van der Waals surface area contributed by atoms with Crippen LogP contribution in [0.15, 0.2) is 12.4 Å². The van der Waals surface area contributed by atoms with Crippen molar-refractivity contribution in [1.29, 1.82) is 0 Å². The second-order valence-electron chi connectivity index (χ2n) is 4.15. The van der Waals surface area contributed by atoms with Crippen molar-refractivity contribution in [3.05, 3.63) is 12.4 Å². The van der Waals surface area contributed by atoms with Gasteiger partial charge in [-0.15, -0.1) is 11.6 Å². The van der Waals surface area contributed by atoms with Crippen molar-refractivity contribution in [3.8, 4) is 5.88 Å². The molecule has 0 fully saturated rings. The Bertz CT molecular complexity index is 345. The predicted molar refractivity (Wildman–Crippen MR) is 75.4 cm³/mol. The third-order valence-electron chi connectivity index (χ3n) is 2.94. The fourth-order valence-corrected chi connectivity index (χ4v) is 2.25. The molecule has 1 N–H and O–H groups in total. The monoisotopic (exact) mass is 271 g/mol. The van der Waals surface area contributed by atoms with Gasteiger partial charge >= 0.3 is 0 Å². The average Bonchev–Trinajstić information content (AvgIpc) is 2.39. The van der Waals surface area contributed by atoms with Crippen LogP contribution in [0.2, 0.25) is 0 Å². The van der Waals surface area contributed by atoms with Crippen LogP contribution in [-0.2, 0) is 0 Å². The fraction of sp³-hybridized carbons (Fsp3) is 0.692. The number of ether oxygens (including phenoxy) is 1. The summed E-state index contributed by atoms with van der Waals surface area (Å²) in [6.45, 7) is 7.53. The molecule has 0 aliphatic carbocycles. The highest BCUT2D eigenvalue weighted by Crippen LogP contribution is 2.19. The lowest BCUT2D eigenvalue weighted by molar-refractivity contribution is 0.325. The molecule has 1 heterocycles. The summed E-state index contributed by atoms with van der Waals surface area (Å²) in [4.78, 5) is 8.36. The highest BCUT2D eigenvalue weighted by Gasteiger charge is 2.15. The van der Waals surface area contributed by atoms with E-state index in [1.807, 2.05) is 6.92 Å². The quantitative estimate of drug-likeness (QED) is 0.737. The molecule has 0 bridgehead atoms. The van der Waals surface area contributed by atoms with Crippen LogP contribution in [0.1, 0.15) is 33.6 Å². The predicted octanol–water partition coefficient (Wildman–Crippen LogP) is 3.33. The largest absolute Gasteiger partial charge is 0.477 e. The van der Waals surface area contributed by atoms with E-state index in [1.54, 1.807) is 12.4 Å². The van der Waals surface area contributed by atoms with E-state index < -0.39 is 0 Å². The molecular formula is C13H22ClN3O. The Labute approximate surface area is 114 Å². The second kappa shape index (κ2) is 8.14. The molecule has 0 aliphatic heterocycles. The summed E-state index contributed by atoms with van der Waals surface area (Å²) in [6.07, 6.45) is 5.47. The van der Waals surface area contributed by atoms with Gasteiger partial charge in [0.05, 0.1) is 24.4 Å². The maximum Gasteiger partial charge on any atom is 0.234 e. The molecule has 18 heavy (non-hydrogen) atoms. The zero-order chi connectivity index (χ0) is 13.4. The minimum atomic E-state index is 0.109. The molecule has 0 aromatic carbocycles. The number of hydrogen-bond acceptors (Lipinski definition) is 4. The van der Waals surface area contributed by atoms with Gasteiger partial charge in [0.2, 0.25) is 5.88 Å². The summed E-state index contributed by atoms with van der Waals surface area (Å²) < 4.78 is 5.30. The summed E-state index contributed by atoms with van der Waals surface area (Å²) in [5.74, 6) is 1.77. The van der Waals surface area contributed by atoms with Crippen molar-refractivity contribution in [1.82, 2.24) is 9.97 Å². The molecule has 0 saturated carbocycles. The minimum absolute atomic E-state index is 0.109. The lowest BCUT2D eigenvalue weighted by Crippen LogP contribution is -2.23. The van der Waals surface area contributed by atoms with E-state index in [-0.39, 0.29) is 5.38 Å². The minimum Gasteiger partial charge on any atom is -0.477 e. The van der Waals surface area contributed by atoms with Crippen molar-refractivity contribution in [2.75, 3.05) is 18.5 Å². The first-order chi connectivity index (χ1) is 8.71. The number of nitrogens with zero attached hydrogens (tertiary/aromatic N) is 2. The van der Waals surface area contributed by atoms with Crippen molar-refractivity contribution in [3.63, 3.8) is 0 Å². The van der Waals surface area contributed by atoms with Crippen LogP contribution >= 0.6 is 11.6 Å².